The zero-order chi connectivity index (χ0) is 14.6. The first-order chi connectivity index (χ1) is 8.90. The van der Waals surface area contributed by atoms with Crippen molar-refractivity contribution >= 4 is 28.6 Å². The van der Waals surface area contributed by atoms with Gasteiger partial charge in [0.15, 0.2) is 5.17 Å². The summed E-state index contributed by atoms with van der Waals surface area (Å²) in [5, 5.41) is 10.0. The van der Waals surface area contributed by atoms with Crippen LogP contribution in [0.25, 0.3) is 0 Å². The van der Waals surface area contributed by atoms with Crippen molar-refractivity contribution in [2.75, 3.05) is 19.8 Å². The van der Waals surface area contributed by atoms with Gasteiger partial charge in [0.25, 0.3) is 0 Å². The summed E-state index contributed by atoms with van der Waals surface area (Å²) in [6.07, 6.45) is 1.98. The Morgan fingerprint density at radius 2 is 2.00 bits per heavy atom. The molecule has 0 fully saturated rings. The van der Waals surface area contributed by atoms with Gasteiger partial charge in [0.1, 0.15) is 0 Å². The van der Waals surface area contributed by atoms with Gasteiger partial charge in [-0.05, 0) is 50.3 Å². The molecule has 0 atom stereocenters. The van der Waals surface area contributed by atoms with Gasteiger partial charge >= 0.3 is 5.97 Å². The van der Waals surface area contributed by atoms with Crippen molar-refractivity contribution < 1.29 is 9.90 Å². The summed E-state index contributed by atoms with van der Waals surface area (Å²) in [7, 11) is 1.99. The van der Waals surface area contributed by atoms with Crippen LogP contribution in [0.2, 0.25) is 0 Å². The lowest BCUT2D eigenvalue weighted by atomic mass is 10.0. The summed E-state index contributed by atoms with van der Waals surface area (Å²) in [6.45, 7) is 6.63. The van der Waals surface area contributed by atoms with E-state index >= 15 is 0 Å². The van der Waals surface area contributed by atoms with Crippen molar-refractivity contribution in [3.05, 3.63) is 28.8 Å². The number of nitrogens with zero attached hydrogens (tertiary/aromatic N) is 2. The lowest BCUT2D eigenvalue weighted by Crippen LogP contribution is -2.23. The van der Waals surface area contributed by atoms with Crippen molar-refractivity contribution in [3.63, 3.8) is 0 Å². The highest BCUT2D eigenvalue weighted by atomic mass is 32.2. The number of aromatic carboxylic acids is 1. The molecule has 0 spiro atoms. The molecular formula is C14H20N2O2S. The Kier molecular flexibility index (Phi) is 5.42. The normalized spacial score (nSPS) is 11.5. The average Bonchev–Trinajstić information content (AvgIpc) is 2.37. The first-order valence-corrected chi connectivity index (χ1v) is 7.31. The van der Waals surface area contributed by atoms with Crippen LogP contribution in [-0.2, 0) is 0 Å². The maximum Gasteiger partial charge on any atom is 0.335 e. The van der Waals surface area contributed by atoms with Crippen molar-refractivity contribution in [1.29, 1.82) is 0 Å². The zero-order valence-electron chi connectivity index (χ0n) is 12.0. The number of carboxylic acids is 1. The van der Waals surface area contributed by atoms with Crippen LogP contribution in [0.4, 0.5) is 5.69 Å². The average molecular weight is 280 g/mol. The van der Waals surface area contributed by atoms with Crippen LogP contribution in [0.3, 0.4) is 0 Å². The van der Waals surface area contributed by atoms with E-state index in [1.54, 1.807) is 24.8 Å². The van der Waals surface area contributed by atoms with E-state index in [-0.39, 0.29) is 0 Å². The minimum atomic E-state index is -0.896. The van der Waals surface area contributed by atoms with Gasteiger partial charge < -0.3 is 10.0 Å². The van der Waals surface area contributed by atoms with Crippen molar-refractivity contribution in [1.82, 2.24) is 4.90 Å². The number of rotatable bonds is 3. The second-order valence-electron chi connectivity index (χ2n) is 4.37. The molecule has 0 aliphatic rings. The van der Waals surface area contributed by atoms with E-state index < -0.39 is 5.97 Å². The number of aryl methyl sites for hydroxylation is 2. The minimum Gasteiger partial charge on any atom is -0.478 e. The van der Waals surface area contributed by atoms with Gasteiger partial charge in [-0.2, -0.15) is 0 Å². The molecule has 5 heteroatoms. The van der Waals surface area contributed by atoms with E-state index in [9.17, 15) is 4.79 Å². The molecule has 4 nitrogen and oxygen atoms in total. The molecule has 0 aliphatic heterocycles. The van der Waals surface area contributed by atoms with Crippen molar-refractivity contribution in [2.45, 2.75) is 20.8 Å². The molecular weight excluding hydrogens is 260 g/mol. The molecule has 19 heavy (non-hydrogen) atoms. The number of carboxylic acid groups (broad SMARTS) is 1. The number of benzene rings is 1. The third-order valence-electron chi connectivity index (χ3n) is 2.97. The highest BCUT2D eigenvalue weighted by Gasteiger charge is 2.11. The molecule has 0 saturated heterocycles. The van der Waals surface area contributed by atoms with Gasteiger partial charge in [0, 0.05) is 13.6 Å². The number of hydrogen-bond acceptors (Lipinski definition) is 3. The summed E-state index contributed by atoms with van der Waals surface area (Å²) in [4.78, 5) is 17.8. The topological polar surface area (TPSA) is 52.9 Å². The quantitative estimate of drug-likeness (QED) is 0.682. The van der Waals surface area contributed by atoms with Gasteiger partial charge in [-0.25, -0.2) is 9.79 Å². The summed E-state index contributed by atoms with van der Waals surface area (Å²) in [5.74, 6) is -0.896. The second kappa shape index (κ2) is 6.61. The van der Waals surface area contributed by atoms with Crippen molar-refractivity contribution in [2.24, 2.45) is 4.99 Å². The fraction of sp³-hybridized carbons (Fsp3) is 0.429. The Balaban J connectivity index is 3.25. The summed E-state index contributed by atoms with van der Waals surface area (Å²) in [6, 6.07) is 3.51. The summed E-state index contributed by atoms with van der Waals surface area (Å²) >= 11 is 1.58. The van der Waals surface area contributed by atoms with E-state index in [0.29, 0.717) is 5.56 Å². The van der Waals surface area contributed by atoms with E-state index in [2.05, 4.69) is 16.8 Å². The van der Waals surface area contributed by atoms with Gasteiger partial charge in [0.05, 0.1) is 11.3 Å². The van der Waals surface area contributed by atoms with Crippen LogP contribution in [0.5, 0.6) is 0 Å². The summed E-state index contributed by atoms with van der Waals surface area (Å²) < 4.78 is 0. The third-order valence-corrected chi connectivity index (χ3v) is 3.74. The van der Waals surface area contributed by atoms with Gasteiger partial charge in [0.2, 0.25) is 0 Å². The molecule has 104 valence electrons. The fourth-order valence-electron chi connectivity index (χ4n) is 1.68. The number of thioether (sulfide) groups is 1. The Labute approximate surface area is 118 Å². The summed E-state index contributed by atoms with van der Waals surface area (Å²) in [5.41, 5.74) is 2.77. The Morgan fingerprint density at radius 1 is 1.37 bits per heavy atom. The number of aliphatic imine (C=N–C) groups is 1. The molecule has 0 aromatic heterocycles. The molecule has 1 aromatic carbocycles. The molecule has 0 heterocycles. The molecule has 1 rings (SSSR count). The molecule has 1 aromatic rings. The van der Waals surface area contributed by atoms with Crippen molar-refractivity contribution in [3.8, 4) is 0 Å². The van der Waals surface area contributed by atoms with E-state index in [1.165, 1.54) is 0 Å². The molecule has 0 bridgehead atoms. The van der Waals surface area contributed by atoms with Crippen LogP contribution in [0.15, 0.2) is 17.1 Å². The number of amidine groups is 1. The first kappa shape index (κ1) is 15.6. The van der Waals surface area contributed by atoms with E-state index in [0.717, 1.165) is 28.5 Å². The molecule has 0 radical (unpaired) electrons. The second-order valence-corrected chi connectivity index (χ2v) is 5.14. The largest absolute Gasteiger partial charge is 0.478 e. The van der Waals surface area contributed by atoms with Gasteiger partial charge in [-0.1, -0.05) is 11.8 Å². The lowest BCUT2D eigenvalue weighted by molar-refractivity contribution is 0.0696. The molecule has 0 aliphatic carbocycles. The highest BCUT2D eigenvalue weighted by Crippen LogP contribution is 2.25. The number of hydrogen-bond donors (Lipinski definition) is 1. The van der Waals surface area contributed by atoms with Crippen LogP contribution < -0.4 is 0 Å². The van der Waals surface area contributed by atoms with Crippen LogP contribution in [-0.4, -0.2) is 41.0 Å². The fourth-order valence-corrected chi connectivity index (χ4v) is 2.31. The Bertz CT molecular complexity index is 512. The predicted octanol–water partition coefficient (Wildman–Crippen LogP) is 3.30. The standard InChI is InChI=1S/C14H20N2O2S/c1-6-16(4)14(19-5)15-12-8-9(2)11(13(17)18)7-10(12)3/h7-8H,6H2,1-5H3,(H,17,18)/b15-14-. The van der Waals surface area contributed by atoms with Gasteiger partial charge in [-0.15, -0.1) is 0 Å². The maximum atomic E-state index is 11.1. The van der Waals surface area contributed by atoms with Crippen LogP contribution in [0.1, 0.15) is 28.4 Å². The zero-order valence-corrected chi connectivity index (χ0v) is 12.8. The van der Waals surface area contributed by atoms with E-state index in [4.69, 9.17) is 5.11 Å². The highest BCUT2D eigenvalue weighted by molar-refractivity contribution is 8.13. The predicted molar refractivity (Wildman–Crippen MR) is 81.8 cm³/mol. The van der Waals surface area contributed by atoms with Crippen LogP contribution >= 0.6 is 11.8 Å². The third kappa shape index (κ3) is 3.73. The number of carbonyl (C=O) groups is 1. The first-order valence-electron chi connectivity index (χ1n) is 6.09. The Morgan fingerprint density at radius 3 is 2.47 bits per heavy atom. The maximum absolute atomic E-state index is 11.1. The molecule has 0 saturated carbocycles. The molecule has 0 unspecified atom stereocenters. The Hall–Kier alpha value is -1.49. The SMILES string of the molecule is CCN(C)/C(=N/c1cc(C)c(C(=O)O)cc1C)SC. The van der Waals surface area contributed by atoms with Crippen LogP contribution in [0, 0.1) is 13.8 Å². The molecule has 1 N–H and O–H groups in total. The molecule has 0 amide bonds. The lowest BCUT2D eigenvalue weighted by Gasteiger charge is -2.18. The van der Waals surface area contributed by atoms with Gasteiger partial charge in [-0.3, -0.25) is 0 Å². The minimum absolute atomic E-state index is 0.339. The monoisotopic (exact) mass is 280 g/mol. The smallest absolute Gasteiger partial charge is 0.335 e. The van der Waals surface area contributed by atoms with E-state index in [1.807, 2.05) is 26.3 Å².